The van der Waals surface area contributed by atoms with Gasteiger partial charge in [0.1, 0.15) is 12.1 Å². The maximum absolute atomic E-state index is 12.3. The van der Waals surface area contributed by atoms with Crippen LogP contribution in [0.1, 0.15) is 19.8 Å². The van der Waals surface area contributed by atoms with Gasteiger partial charge in [0.15, 0.2) is 0 Å². The number of fused-ring (bicyclic) bond motifs is 1. The van der Waals surface area contributed by atoms with E-state index in [1.165, 1.54) is 6.20 Å². The minimum atomic E-state index is -3.54. The van der Waals surface area contributed by atoms with E-state index in [1.54, 1.807) is 17.3 Å². The summed E-state index contributed by atoms with van der Waals surface area (Å²) < 4.78 is 29.1. The van der Waals surface area contributed by atoms with Crippen LogP contribution in [-0.2, 0) is 14.6 Å². The first-order chi connectivity index (χ1) is 14.8. The molecule has 2 atom stereocenters. The summed E-state index contributed by atoms with van der Waals surface area (Å²) >= 11 is 0. The number of sulfone groups is 1. The van der Waals surface area contributed by atoms with Crippen LogP contribution >= 0.6 is 0 Å². The van der Waals surface area contributed by atoms with E-state index in [2.05, 4.69) is 27.2 Å². The Kier molecular flexibility index (Phi) is 5.41. The van der Waals surface area contributed by atoms with Crippen LogP contribution in [0.5, 0.6) is 0 Å². The molecule has 0 radical (unpaired) electrons. The molecule has 2 N–H and O–H groups in total. The van der Waals surface area contributed by atoms with Gasteiger partial charge in [0, 0.05) is 43.2 Å². The number of H-pyrrole nitrogens is 1. The Bertz CT molecular complexity index is 1270. The zero-order chi connectivity index (χ0) is 22.2. The van der Waals surface area contributed by atoms with Crippen molar-refractivity contribution in [3.63, 3.8) is 0 Å². The molecule has 162 valence electrons. The van der Waals surface area contributed by atoms with E-state index >= 15 is 0 Å². The highest BCUT2D eigenvalue weighted by Crippen LogP contribution is 2.35. The number of nitriles is 1. The molecule has 1 fully saturated rings. The van der Waals surface area contributed by atoms with Crippen LogP contribution in [0.15, 0.2) is 34.2 Å². The number of amides is 1. The maximum Gasteiger partial charge on any atom is 0.238 e. The van der Waals surface area contributed by atoms with Gasteiger partial charge in [-0.3, -0.25) is 4.79 Å². The SMILES string of the molecule is C[C@H]1C[C@@H](Nc2c(-c3ncc(S(C)(=O)=O)o3)cnc3[nH]ccc23)CN(C(=O)CC#N)C1. The molecular weight excluding hydrogens is 420 g/mol. The van der Waals surface area contributed by atoms with E-state index in [0.29, 0.717) is 30.0 Å². The van der Waals surface area contributed by atoms with Gasteiger partial charge in [-0.15, -0.1) is 0 Å². The Labute approximate surface area is 179 Å². The fourth-order valence-electron chi connectivity index (χ4n) is 3.92. The molecule has 0 aliphatic carbocycles. The predicted octanol–water partition coefficient (Wildman–Crippen LogP) is 2.18. The van der Waals surface area contributed by atoms with Gasteiger partial charge in [0.25, 0.3) is 0 Å². The summed E-state index contributed by atoms with van der Waals surface area (Å²) in [5.74, 6) is 0.201. The van der Waals surface area contributed by atoms with Gasteiger partial charge in [-0.1, -0.05) is 6.92 Å². The number of rotatable bonds is 5. The lowest BCUT2D eigenvalue weighted by Gasteiger charge is -2.37. The molecule has 1 aliphatic rings. The van der Waals surface area contributed by atoms with E-state index in [0.717, 1.165) is 18.1 Å². The summed E-state index contributed by atoms with van der Waals surface area (Å²) in [5.41, 5.74) is 1.87. The Morgan fingerprint density at radius 3 is 2.90 bits per heavy atom. The largest absolute Gasteiger partial charge is 0.425 e. The molecule has 0 aromatic carbocycles. The summed E-state index contributed by atoms with van der Waals surface area (Å²) in [4.78, 5) is 25.6. The second-order valence-corrected chi connectivity index (χ2v) is 9.81. The van der Waals surface area contributed by atoms with Crippen molar-refractivity contribution in [2.75, 3.05) is 24.7 Å². The van der Waals surface area contributed by atoms with Crippen molar-refractivity contribution < 1.29 is 17.6 Å². The van der Waals surface area contributed by atoms with Crippen molar-refractivity contribution in [1.29, 1.82) is 5.26 Å². The first kappa shape index (κ1) is 20.9. The Hall–Kier alpha value is -3.39. The molecule has 4 heterocycles. The first-order valence-corrected chi connectivity index (χ1v) is 11.7. The average molecular weight is 443 g/mol. The van der Waals surface area contributed by atoms with Crippen LogP contribution in [0.25, 0.3) is 22.5 Å². The lowest BCUT2D eigenvalue weighted by Crippen LogP contribution is -2.48. The van der Waals surface area contributed by atoms with Gasteiger partial charge in [-0.2, -0.15) is 5.26 Å². The van der Waals surface area contributed by atoms with Gasteiger partial charge in [0.2, 0.25) is 26.7 Å². The number of aromatic nitrogens is 3. The summed E-state index contributed by atoms with van der Waals surface area (Å²) in [6, 6.07) is 3.70. The van der Waals surface area contributed by atoms with Gasteiger partial charge in [-0.25, -0.2) is 18.4 Å². The number of nitrogens with one attached hydrogen (secondary N) is 2. The van der Waals surface area contributed by atoms with Crippen LogP contribution in [0.2, 0.25) is 0 Å². The predicted molar refractivity (Wildman–Crippen MR) is 113 cm³/mol. The fourth-order valence-corrected chi connectivity index (χ4v) is 4.40. The molecule has 0 bridgehead atoms. The Morgan fingerprint density at radius 1 is 1.39 bits per heavy atom. The van der Waals surface area contributed by atoms with E-state index in [9.17, 15) is 13.2 Å². The second-order valence-electron chi connectivity index (χ2n) is 7.86. The van der Waals surface area contributed by atoms with Gasteiger partial charge < -0.3 is 19.6 Å². The monoisotopic (exact) mass is 442 g/mol. The number of nitrogens with zero attached hydrogens (tertiary/aromatic N) is 4. The molecule has 3 aromatic rings. The number of hydrogen-bond donors (Lipinski definition) is 2. The third kappa shape index (κ3) is 4.25. The molecule has 0 saturated carbocycles. The molecule has 0 unspecified atom stereocenters. The lowest BCUT2D eigenvalue weighted by atomic mass is 9.95. The van der Waals surface area contributed by atoms with Gasteiger partial charge >= 0.3 is 0 Å². The van der Waals surface area contributed by atoms with Crippen LogP contribution in [0.4, 0.5) is 5.69 Å². The molecule has 1 amide bonds. The van der Waals surface area contributed by atoms with Crippen molar-refractivity contribution in [2.45, 2.75) is 30.9 Å². The lowest BCUT2D eigenvalue weighted by molar-refractivity contribution is -0.132. The fraction of sp³-hybridized carbons (Fsp3) is 0.400. The van der Waals surface area contributed by atoms with Crippen molar-refractivity contribution in [3.05, 3.63) is 24.7 Å². The minimum absolute atomic E-state index is 0.0741. The number of aromatic amines is 1. The number of pyridine rings is 1. The third-order valence-corrected chi connectivity index (χ3v) is 6.18. The van der Waals surface area contributed by atoms with E-state index < -0.39 is 9.84 Å². The zero-order valence-electron chi connectivity index (χ0n) is 17.1. The molecule has 1 saturated heterocycles. The van der Waals surface area contributed by atoms with E-state index in [4.69, 9.17) is 9.68 Å². The number of carbonyl (C=O) groups is 1. The molecule has 31 heavy (non-hydrogen) atoms. The van der Waals surface area contributed by atoms with Crippen LogP contribution < -0.4 is 5.32 Å². The van der Waals surface area contributed by atoms with Crippen LogP contribution in [0.3, 0.4) is 0 Å². The Morgan fingerprint density at radius 2 is 2.19 bits per heavy atom. The molecule has 3 aromatic heterocycles. The number of likely N-dealkylation sites (tertiary alicyclic amines) is 1. The van der Waals surface area contributed by atoms with Crippen molar-refractivity contribution in [1.82, 2.24) is 19.9 Å². The molecule has 11 heteroatoms. The highest BCUT2D eigenvalue weighted by molar-refractivity contribution is 7.90. The van der Waals surface area contributed by atoms with Gasteiger partial charge in [0.05, 0.1) is 23.5 Å². The minimum Gasteiger partial charge on any atom is -0.425 e. The number of hydrogen-bond acceptors (Lipinski definition) is 8. The summed E-state index contributed by atoms with van der Waals surface area (Å²) in [5, 5.41) is 12.9. The summed E-state index contributed by atoms with van der Waals surface area (Å²) in [6.07, 6.45) is 6.25. The number of oxazole rings is 1. The van der Waals surface area contributed by atoms with Crippen molar-refractivity contribution in [3.8, 4) is 17.5 Å². The zero-order valence-corrected chi connectivity index (χ0v) is 17.9. The Balaban J connectivity index is 1.70. The van der Waals surface area contributed by atoms with E-state index in [1.807, 2.05) is 12.1 Å². The van der Waals surface area contributed by atoms with Gasteiger partial charge in [-0.05, 0) is 18.4 Å². The molecule has 4 rings (SSSR count). The second kappa shape index (κ2) is 8.03. The smallest absolute Gasteiger partial charge is 0.238 e. The first-order valence-electron chi connectivity index (χ1n) is 9.80. The third-order valence-electron chi connectivity index (χ3n) is 5.26. The van der Waals surface area contributed by atoms with Crippen molar-refractivity contribution >= 4 is 32.5 Å². The average Bonchev–Trinajstić information content (AvgIpc) is 3.37. The quantitative estimate of drug-likeness (QED) is 0.611. The molecule has 0 spiro atoms. The van der Waals surface area contributed by atoms with E-state index in [-0.39, 0.29) is 35.3 Å². The molecular formula is C20H22N6O4S. The standard InChI is InChI=1S/C20H22N6O4S/c1-12-7-13(11-26(10-12)16(27)3-5-21)25-18-14-4-6-22-19(14)23-8-15(18)20-24-9-17(30-20)31(2,28)29/h4,6,8-9,12-13H,3,7,10-11H2,1-2H3,(H2,22,23,25)/t12-,13+/m0/s1. The molecule has 1 aliphatic heterocycles. The number of carbonyl (C=O) groups excluding carboxylic acids is 1. The number of piperidine rings is 1. The van der Waals surface area contributed by atoms with Crippen molar-refractivity contribution in [2.24, 2.45) is 5.92 Å². The number of anilines is 1. The maximum atomic E-state index is 12.3. The molecule has 10 nitrogen and oxygen atoms in total. The highest BCUT2D eigenvalue weighted by Gasteiger charge is 2.29. The summed E-state index contributed by atoms with van der Waals surface area (Å²) in [7, 11) is -3.54. The van der Waals surface area contributed by atoms with Crippen LogP contribution in [0, 0.1) is 17.2 Å². The highest BCUT2D eigenvalue weighted by atomic mass is 32.2. The summed E-state index contributed by atoms with van der Waals surface area (Å²) in [6.45, 7) is 3.13. The van der Waals surface area contributed by atoms with Crippen LogP contribution in [-0.4, -0.2) is 59.6 Å². The normalized spacial score (nSPS) is 19.3. The topological polar surface area (TPSA) is 145 Å².